The molecule has 86 valence electrons. The van der Waals surface area contributed by atoms with Crippen LogP contribution in [0.4, 0.5) is 4.79 Å². The fourth-order valence-corrected chi connectivity index (χ4v) is 4.52. The van der Waals surface area contributed by atoms with Gasteiger partial charge in [0.05, 0.1) is 0 Å². The molecule has 0 spiro atoms. The van der Waals surface area contributed by atoms with Crippen LogP contribution in [0.1, 0.15) is 20.8 Å². The van der Waals surface area contributed by atoms with Crippen LogP contribution in [-0.4, -0.2) is 34.5 Å². The molecule has 0 aromatic heterocycles. The molecule has 0 aromatic rings. The van der Waals surface area contributed by atoms with E-state index in [1.54, 1.807) is 4.90 Å². The molecule has 1 aliphatic heterocycles. The molecule has 4 heteroatoms. The Balaban J connectivity index is 2.20. The highest BCUT2D eigenvalue weighted by atomic mass is 79.9. The molecule has 3 atom stereocenters. The zero-order chi connectivity index (χ0) is 11.4. The number of amides is 1. The largest absolute Gasteiger partial charge is 0.465 e. The minimum Gasteiger partial charge on any atom is -0.465 e. The monoisotopic (exact) mass is 275 g/mol. The molecule has 2 aliphatic rings. The van der Waals surface area contributed by atoms with E-state index in [4.69, 9.17) is 5.11 Å². The van der Waals surface area contributed by atoms with Crippen molar-refractivity contribution in [3.8, 4) is 0 Å². The summed E-state index contributed by atoms with van der Waals surface area (Å²) >= 11 is 3.55. The van der Waals surface area contributed by atoms with E-state index in [1.807, 2.05) is 0 Å². The van der Waals surface area contributed by atoms with Crippen LogP contribution in [0.15, 0.2) is 0 Å². The van der Waals surface area contributed by atoms with Gasteiger partial charge >= 0.3 is 6.09 Å². The Labute approximate surface area is 99.0 Å². The minimum atomic E-state index is -0.765. The minimum absolute atomic E-state index is 0.195. The zero-order valence-electron chi connectivity index (χ0n) is 9.46. The smallest absolute Gasteiger partial charge is 0.407 e. The highest BCUT2D eigenvalue weighted by Crippen LogP contribution is 2.71. The maximum Gasteiger partial charge on any atom is 0.407 e. The summed E-state index contributed by atoms with van der Waals surface area (Å²) in [6, 6.07) is 0. The summed E-state index contributed by atoms with van der Waals surface area (Å²) in [6.45, 7) is 8.13. The number of nitrogens with zero attached hydrogens (tertiary/aromatic N) is 1. The van der Waals surface area contributed by atoms with Crippen LogP contribution in [0.25, 0.3) is 0 Å². The molecule has 0 aromatic carbocycles. The van der Waals surface area contributed by atoms with Crippen LogP contribution in [-0.2, 0) is 0 Å². The number of halogens is 1. The molecule has 0 radical (unpaired) electrons. The van der Waals surface area contributed by atoms with Crippen LogP contribution in [0.2, 0.25) is 0 Å². The van der Waals surface area contributed by atoms with Gasteiger partial charge in [-0.25, -0.2) is 4.79 Å². The molecule has 1 N–H and O–H groups in total. The van der Waals surface area contributed by atoms with Gasteiger partial charge in [-0.05, 0) is 17.3 Å². The van der Waals surface area contributed by atoms with Gasteiger partial charge in [-0.15, -0.1) is 0 Å². The summed E-state index contributed by atoms with van der Waals surface area (Å²) in [4.78, 5) is 12.5. The number of carboxylic acid groups (broad SMARTS) is 1. The van der Waals surface area contributed by atoms with Crippen molar-refractivity contribution in [2.75, 3.05) is 18.4 Å². The molecule has 1 aliphatic carbocycles. The van der Waals surface area contributed by atoms with E-state index in [0.29, 0.717) is 18.4 Å². The Morgan fingerprint density at radius 2 is 2.20 bits per heavy atom. The van der Waals surface area contributed by atoms with E-state index < -0.39 is 6.09 Å². The zero-order valence-corrected chi connectivity index (χ0v) is 11.0. The molecule has 2 fully saturated rings. The Morgan fingerprint density at radius 1 is 1.60 bits per heavy atom. The number of likely N-dealkylation sites (tertiary alicyclic amines) is 1. The SMILES string of the molecule is CC(C)(C)[C@@]12CN(C(=O)O)C[C@H]1[C@H]2CBr. The summed E-state index contributed by atoms with van der Waals surface area (Å²) in [7, 11) is 0. The van der Waals surface area contributed by atoms with Gasteiger partial charge in [0.15, 0.2) is 0 Å². The molecule has 3 nitrogen and oxygen atoms in total. The van der Waals surface area contributed by atoms with Gasteiger partial charge in [-0.3, -0.25) is 0 Å². The summed E-state index contributed by atoms with van der Waals surface area (Å²) in [5, 5.41) is 10.0. The maximum absolute atomic E-state index is 10.9. The Morgan fingerprint density at radius 3 is 2.53 bits per heavy atom. The third-order valence-corrected chi connectivity index (χ3v) is 5.10. The Kier molecular flexibility index (Phi) is 2.34. The number of piperidine rings is 1. The lowest BCUT2D eigenvalue weighted by Crippen LogP contribution is -2.37. The van der Waals surface area contributed by atoms with Crippen molar-refractivity contribution in [3.05, 3.63) is 0 Å². The second-order valence-corrected chi connectivity index (χ2v) is 6.47. The van der Waals surface area contributed by atoms with E-state index in [2.05, 4.69) is 36.7 Å². The first kappa shape index (κ1) is 11.2. The first-order valence-corrected chi connectivity index (χ1v) is 6.50. The number of fused-ring (bicyclic) bond motifs is 1. The second-order valence-electron chi connectivity index (χ2n) is 5.82. The normalized spacial score (nSPS) is 39.1. The molecular formula is C11H18BrNO2. The quantitative estimate of drug-likeness (QED) is 0.748. The average molecular weight is 276 g/mol. The molecular weight excluding hydrogens is 258 g/mol. The first-order chi connectivity index (χ1) is 6.84. The second kappa shape index (κ2) is 3.12. The van der Waals surface area contributed by atoms with Gasteiger partial charge in [0, 0.05) is 23.8 Å². The third-order valence-electron chi connectivity index (χ3n) is 4.40. The molecule has 0 unspecified atom stereocenters. The van der Waals surface area contributed by atoms with Crippen LogP contribution >= 0.6 is 15.9 Å². The lowest BCUT2D eigenvalue weighted by atomic mass is 9.75. The van der Waals surface area contributed by atoms with Gasteiger partial charge in [-0.2, -0.15) is 0 Å². The number of rotatable bonds is 1. The molecule has 15 heavy (non-hydrogen) atoms. The predicted molar refractivity (Wildman–Crippen MR) is 62.3 cm³/mol. The standard InChI is InChI=1S/C11H18BrNO2/c1-10(2,3)11-6-13(9(14)15)5-8(11)7(11)4-12/h7-8H,4-6H2,1-3H3,(H,14,15)/t7-,8+,11-/m1/s1. The fourth-order valence-electron chi connectivity index (χ4n) is 3.49. The van der Waals surface area contributed by atoms with E-state index in [1.165, 1.54) is 0 Å². The Bertz CT molecular complexity index is 299. The first-order valence-electron chi connectivity index (χ1n) is 5.38. The van der Waals surface area contributed by atoms with Crippen molar-refractivity contribution in [2.45, 2.75) is 20.8 Å². The number of hydrogen-bond acceptors (Lipinski definition) is 1. The van der Waals surface area contributed by atoms with E-state index in [0.717, 1.165) is 11.9 Å². The highest BCUT2D eigenvalue weighted by Gasteiger charge is 2.73. The summed E-state index contributed by atoms with van der Waals surface area (Å²) in [5.41, 5.74) is 0.412. The van der Waals surface area contributed by atoms with Crippen molar-refractivity contribution >= 4 is 22.0 Å². The summed E-state index contributed by atoms with van der Waals surface area (Å²) < 4.78 is 0. The molecule has 0 bridgehead atoms. The van der Waals surface area contributed by atoms with Crippen molar-refractivity contribution in [2.24, 2.45) is 22.7 Å². The van der Waals surface area contributed by atoms with E-state index >= 15 is 0 Å². The van der Waals surface area contributed by atoms with Crippen molar-refractivity contribution in [3.63, 3.8) is 0 Å². The third kappa shape index (κ3) is 1.33. The van der Waals surface area contributed by atoms with Gasteiger partial charge in [0.2, 0.25) is 0 Å². The highest BCUT2D eigenvalue weighted by molar-refractivity contribution is 9.09. The van der Waals surface area contributed by atoms with Crippen LogP contribution < -0.4 is 0 Å². The number of carbonyl (C=O) groups is 1. The van der Waals surface area contributed by atoms with Crippen LogP contribution in [0.3, 0.4) is 0 Å². The molecule has 1 amide bonds. The van der Waals surface area contributed by atoms with E-state index in [9.17, 15) is 4.79 Å². The Hall–Kier alpha value is -0.250. The molecule has 1 saturated carbocycles. The molecule has 1 heterocycles. The van der Waals surface area contributed by atoms with Crippen LogP contribution in [0, 0.1) is 22.7 Å². The molecule has 2 rings (SSSR count). The van der Waals surface area contributed by atoms with Gasteiger partial charge < -0.3 is 10.0 Å². The van der Waals surface area contributed by atoms with Crippen molar-refractivity contribution < 1.29 is 9.90 Å². The fraction of sp³-hybridized carbons (Fsp3) is 0.909. The lowest BCUT2D eigenvalue weighted by molar-refractivity contribution is 0.125. The number of alkyl halides is 1. The maximum atomic E-state index is 10.9. The van der Waals surface area contributed by atoms with E-state index in [-0.39, 0.29) is 10.8 Å². The topological polar surface area (TPSA) is 40.5 Å². The lowest BCUT2D eigenvalue weighted by Gasteiger charge is -2.32. The summed E-state index contributed by atoms with van der Waals surface area (Å²) in [6.07, 6.45) is -0.765. The van der Waals surface area contributed by atoms with Gasteiger partial charge in [0.25, 0.3) is 0 Å². The predicted octanol–water partition coefficient (Wildman–Crippen LogP) is 2.65. The summed E-state index contributed by atoms with van der Waals surface area (Å²) in [5.74, 6) is 1.22. The average Bonchev–Trinajstić information content (AvgIpc) is 2.52. The van der Waals surface area contributed by atoms with Crippen LogP contribution in [0.5, 0.6) is 0 Å². The van der Waals surface area contributed by atoms with Gasteiger partial charge in [0.1, 0.15) is 0 Å². The van der Waals surface area contributed by atoms with Gasteiger partial charge in [-0.1, -0.05) is 36.7 Å². The van der Waals surface area contributed by atoms with Crippen molar-refractivity contribution in [1.29, 1.82) is 0 Å². The number of hydrogen-bond donors (Lipinski definition) is 1. The van der Waals surface area contributed by atoms with Crippen molar-refractivity contribution in [1.82, 2.24) is 4.90 Å². The molecule has 1 saturated heterocycles.